The van der Waals surface area contributed by atoms with Crippen molar-refractivity contribution < 1.29 is 24.6 Å². The van der Waals surface area contributed by atoms with Crippen LogP contribution in [0.15, 0.2) is 30.5 Å². The molecule has 0 saturated carbocycles. The number of hydrogen-bond donors (Lipinski definition) is 2. The van der Waals surface area contributed by atoms with Gasteiger partial charge in [0, 0.05) is 11.6 Å². The van der Waals surface area contributed by atoms with E-state index in [1.54, 1.807) is 12.1 Å². The molecule has 0 spiro atoms. The third-order valence-electron chi connectivity index (χ3n) is 2.64. The number of benzene rings is 1. The number of rotatable bonds is 6. The van der Waals surface area contributed by atoms with Crippen LogP contribution >= 0.6 is 0 Å². The number of nitrogens with zero attached hydrogens (tertiary/aromatic N) is 2. The van der Waals surface area contributed by atoms with Gasteiger partial charge in [-0.25, -0.2) is 4.79 Å². The molecule has 0 aliphatic heterocycles. The van der Waals surface area contributed by atoms with Gasteiger partial charge >= 0.3 is 5.97 Å². The standard InChI is InChI=1S/C14H16N2O5/c1-9(2)21-12-5-3-4-10(14(17)18)11(12)8-20-13-6-7-16(19)15-13/h3-7,9,19H,8H2,1-2H3,(H,17,18). The Hall–Kier alpha value is -2.70. The smallest absolute Gasteiger partial charge is 0.336 e. The first kappa shape index (κ1) is 14.7. The lowest BCUT2D eigenvalue weighted by Gasteiger charge is -2.16. The summed E-state index contributed by atoms with van der Waals surface area (Å²) in [4.78, 5) is 11.9. The van der Waals surface area contributed by atoms with Crippen molar-refractivity contribution in [3.63, 3.8) is 0 Å². The molecule has 0 aliphatic rings. The molecule has 1 heterocycles. The van der Waals surface area contributed by atoms with Crippen LogP contribution in [0.25, 0.3) is 0 Å². The Morgan fingerprint density at radius 1 is 1.38 bits per heavy atom. The van der Waals surface area contributed by atoms with E-state index in [1.165, 1.54) is 18.3 Å². The Balaban J connectivity index is 2.27. The van der Waals surface area contributed by atoms with Gasteiger partial charge in [0.1, 0.15) is 12.4 Å². The van der Waals surface area contributed by atoms with E-state index in [2.05, 4.69) is 5.10 Å². The van der Waals surface area contributed by atoms with Crippen molar-refractivity contribution in [1.29, 1.82) is 0 Å². The Labute approximate surface area is 121 Å². The SMILES string of the molecule is CC(C)Oc1cccc(C(=O)O)c1COc1ccn(O)n1. The van der Waals surface area contributed by atoms with Gasteiger partial charge in [0.25, 0.3) is 0 Å². The average molecular weight is 292 g/mol. The second-order valence-electron chi connectivity index (χ2n) is 4.62. The van der Waals surface area contributed by atoms with E-state index in [4.69, 9.17) is 14.7 Å². The molecule has 0 amide bonds. The lowest BCUT2D eigenvalue weighted by molar-refractivity contribution is 0.0692. The highest BCUT2D eigenvalue weighted by Gasteiger charge is 2.17. The lowest BCUT2D eigenvalue weighted by atomic mass is 10.1. The second kappa shape index (κ2) is 6.17. The summed E-state index contributed by atoms with van der Waals surface area (Å²) in [7, 11) is 0. The van der Waals surface area contributed by atoms with Gasteiger partial charge in [-0.1, -0.05) is 11.2 Å². The van der Waals surface area contributed by atoms with Crippen LogP contribution in [0.5, 0.6) is 11.6 Å². The number of carboxylic acid groups (broad SMARTS) is 1. The van der Waals surface area contributed by atoms with Crippen LogP contribution in [-0.4, -0.2) is 32.3 Å². The monoisotopic (exact) mass is 292 g/mol. The van der Waals surface area contributed by atoms with Crippen LogP contribution in [0, 0.1) is 0 Å². The van der Waals surface area contributed by atoms with Gasteiger partial charge in [0.2, 0.25) is 5.88 Å². The van der Waals surface area contributed by atoms with E-state index in [9.17, 15) is 9.90 Å². The molecule has 0 bridgehead atoms. The Morgan fingerprint density at radius 2 is 2.14 bits per heavy atom. The molecule has 21 heavy (non-hydrogen) atoms. The third kappa shape index (κ3) is 3.65. The molecule has 0 aliphatic carbocycles. The van der Waals surface area contributed by atoms with Crippen LogP contribution in [0.2, 0.25) is 0 Å². The average Bonchev–Trinajstić information content (AvgIpc) is 2.82. The van der Waals surface area contributed by atoms with Gasteiger partial charge in [0.05, 0.1) is 17.9 Å². The fraction of sp³-hybridized carbons (Fsp3) is 0.286. The number of ether oxygens (including phenoxy) is 2. The molecule has 0 atom stereocenters. The van der Waals surface area contributed by atoms with Crippen LogP contribution in [0.1, 0.15) is 29.8 Å². The van der Waals surface area contributed by atoms with Crippen molar-refractivity contribution in [2.75, 3.05) is 0 Å². The number of carbonyl (C=O) groups is 1. The summed E-state index contributed by atoms with van der Waals surface area (Å²) in [6, 6.07) is 6.26. The molecular weight excluding hydrogens is 276 g/mol. The number of hydrogen-bond acceptors (Lipinski definition) is 5. The maximum atomic E-state index is 11.3. The van der Waals surface area contributed by atoms with Gasteiger partial charge < -0.3 is 19.8 Å². The highest BCUT2D eigenvalue weighted by atomic mass is 16.5. The molecule has 1 aromatic heterocycles. The minimum absolute atomic E-state index is 0.0263. The van der Waals surface area contributed by atoms with Crippen LogP contribution in [0.3, 0.4) is 0 Å². The largest absolute Gasteiger partial charge is 0.491 e. The second-order valence-corrected chi connectivity index (χ2v) is 4.62. The predicted molar refractivity (Wildman–Crippen MR) is 72.9 cm³/mol. The molecule has 7 nitrogen and oxygen atoms in total. The molecule has 112 valence electrons. The maximum absolute atomic E-state index is 11.3. The zero-order valence-electron chi connectivity index (χ0n) is 11.7. The molecular formula is C14H16N2O5. The number of carboxylic acids is 1. The van der Waals surface area contributed by atoms with E-state index in [0.29, 0.717) is 16.2 Å². The first-order chi connectivity index (χ1) is 9.97. The van der Waals surface area contributed by atoms with Crippen molar-refractivity contribution in [2.45, 2.75) is 26.6 Å². The summed E-state index contributed by atoms with van der Waals surface area (Å²) in [6.45, 7) is 3.68. The number of aromatic nitrogens is 2. The van der Waals surface area contributed by atoms with Crippen LogP contribution in [0.4, 0.5) is 0 Å². The molecule has 2 rings (SSSR count). The zero-order chi connectivity index (χ0) is 15.4. The van der Waals surface area contributed by atoms with E-state index in [1.807, 2.05) is 13.8 Å². The summed E-state index contributed by atoms with van der Waals surface area (Å²) >= 11 is 0. The van der Waals surface area contributed by atoms with Crippen molar-refractivity contribution in [3.8, 4) is 11.6 Å². The Morgan fingerprint density at radius 3 is 2.71 bits per heavy atom. The van der Waals surface area contributed by atoms with Crippen molar-refractivity contribution >= 4 is 5.97 Å². The van der Waals surface area contributed by atoms with E-state index in [-0.39, 0.29) is 24.2 Å². The first-order valence-corrected chi connectivity index (χ1v) is 6.37. The summed E-state index contributed by atoms with van der Waals surface area (Å²) in [5.41, 5.74) is 0.530. The van der Waals surface area contributed by atoms with Gasteiger partial charge in [0.15, 0.2) is 0 Å². The first-order valence-electron chi connectivity index (χ1n) is 6.37. The quantitative estimate of drug-likeness (QED) is 0.793. The van der Waals surface area contributed by atoms with Gasteiger partial charge in [-0.05, 0) is 26.0 Å². The van der Waals surface area contributed by atoms with Gasteiger partial charge in [-0.2, -0.15) is 0 Å². The normalized spacial score (nSPS) is 10.6. The van der Waals surface area contributed by atoms with Crippen LogP contribution in [-0.2, 0) is 6.61 Å². The molecule has 0 saturated heterocycles. The van der Waals surface area contributed by atoms with Crippen molar-refractivity contribution in [3.05, 3.63) is 41.6 Å². The zero-order valence-corrected chi connectivity index (χ0v) is 11.7. The topological polar surface area (TPSA) is 93.8 Å². The van der Waals surface area contributed by atoms with Gasteiger partial charge in [-0.15, -0.1) is 4.85 Å². The van der Waals surface area contributed by atoms with Gasteiger partial charge in [-0.3, -0.25) is 0 Å². The summed E-state index contributed by atoms with van der Waals surface area (Å²) < 4.78 is 11.0. The predicted octanol–water partition coefficient (Wildman–Crippen LogP) is 2.18. The third-order valence-corrected chi connectivity index (χ3v) is 2.64. The maximum Gasteiger partial charge on any atom is 0.336 e. The minimum atomic E-state index is -1.06. The molecule has 7 heteroatoms. The van der Waals surface area contributed by atoms with E-state index < -0.39 is 5.97 Å². The number of aromatic carboxylic acids is 1. The highest BCUT2D eigenvalue weighted by molar-refractivity contribution is 5.90. The van der Waals surface area contributed by atoms with Crippen LogP contribution < -0.4 is 9.47 Å². The molecule has 2 aromatic rings. The molecule has 1 aromatic carbocycles. The molecule has 0 radical (unpaired) electrons. The lowest BCUT2D eigenvalue weighted by Crippen LogP contribution is -2.12. The summed E-state index contributed by atoms with van der Waals surface area (Å²) in [5, 5.41) is 22.0. The van der Waals surface area contributed by atoms with Crippen molar-refractivity contribution in [2.24, 2.45) is 0 Å². The minimum Gasteiger partial charge on any atom is -0.491 e. The van der Waals surface area contributed by atoms with E-state index >= 15 is 0 Å². The molecule has 0 unspecified atom stereocenters. The van der Waals surface area contributed by atoms with E-state index in [0.717, 1.165) is 0 Å². The highest BCUT2D eigenvalue weighted by Crippen LogP contribution is 2.25. The molecule has 0 fully saturated rings. The Bertz CT molecular complexity index is 636. The fourth-order valence-electron chi connectivity index (χ4n) is 1.80. The Kier molecular flexibility index (Phi) is 4.32. The fourth-order valence-corrected chi connectivity index (χ4v) is 1.80. The summed E-state index contributed by atoms with van der Waals surface area (Å²) in [6.07, 6.45) is 1.22. The molecule has 2 N–H and O–H groups in total. The van der Waals surface area contributed by atoms with Crippen molar-refractivity contribution in [1.82, 2.24) is 9.94 Å². The summed E-state index contributed by atoms with van der Waals surface area (Å²) in [5.74, 6) is -0.419.